The Morgan fingerprint density at radius 2 is 2.08 bits per heavy atom. The normalized spacial score (nSPS) is 27.2. The molecule has 0 spiro atoms. The van der Waals surface area contributed by atoms with Gasteiger partial charge in [-0.1, -0.05) is 12.1 Å². The van der Waals surface area contributed by atoms with Crippen LogP contribution in [0.2, 0.25) is 0 Å². The van der Waals surface area contributed by atoms with Crippen LogP contribution in [0.25, 0.3) is 0 Å². The summed E-state index contributed by atoms with van der Waals surface area (Å²) in [5.41, 5.74) is 2.22. The van der Waals surface area contributed by atoms with Gasteiger partial charge in [-0.15, -0.1) is 0 Å². The molecular formula is C28H32F2N4O2. The molecule has 2 aliphatic carbocycles. The van der Waals surface area contributed by atoms with Gasteiger partial charge in [0, 0.05) is 37.4 Å². The molecule has 1 unspecified atom stereocenters. The molecule has 190 valence electrons. The summed E-state index contributed by atoms with van der Waals surface area (Å²) in [5, 5.41) is 21.9. The van der Waals surface area contributed by atoms with Crippen molar-refractivity contribution in [1.82, 2.24) is 9.80 Å². The van der Waals surface area contributed by atoms with Gasteiger partial charge in [0.25, 0.3) is 0 Å². The molecule has 2 saturated carbocycles. The van der Waals surface area contributed by atoms with Gasteiger partial charge in [-0.2, -0.15) is 5.26 Å². The second-order valence-corrected chi connectivity index (χ2v) is 10.5. The number of hydrogen-bond donors (Lipinski definition) is 2. The molecule has 0 radical (unpaired) electrons. The van der Waals surface area contributed by atoms with Crippen LogP contribution >= 0.6 is 0 Å². The number of nitrogens with zero attached hydrogens (tertiary/aromatic N) is 3. The maximum Gasteiger partial charge on any atom is 0.322 e. The summed E-state index contributed by atoms with van der Waals surface area (Å²) in [4.78, 5) is 17.4. The van der Waals surface area contributed by atoms with Crippen molar-refractivity contribution < 1.29 is 18.7 Å². The quantitative estimate of drug-likeness (QED) is 0.588. The summed E-state index contributed by atoms with van der Waals surface area (Å²) in [5.74, 6) is -1.49. The first kappa shape index (κ1) is 24.7. The Hall–Kier alpha value is -3.02. The van der Waals surface area contributed by atoms with Crippen molar-refractivity contribution in [1.29, 1.82) is 5.26 Å². The van der Waals surface area contributed by atoms with Gasteiger partial charge >= 0.3 is 6.03 Å². The monoisotopic (exact) mass is 494 g/mol. The predicted octanol–water partition coefficient (Wildman–Crippen LogP) is 4.64. The number of carbonyl (C=O) groups is 1. The van der Waals surface area contributed by atoms with Crippen LogP contribution in [-0.4, -0.2) is 59.3 Å². The minimum Gasteiger partial charge on any atom is -0.392 e. The van der Waals surface area contributed by atoms with Crippen LogP contribution < -0.4 is 5.32 Å². The highest BCUT2D eigenvalue weighted by Crippen LogP contribution is 2.62. The number of urea groups is 1. The van der Waals surface area contributed by atoms with Crippen LogP contribution in [0, 0.1) is 28.9 Å². The number of amides is 2. The molecule has 36 heavy (non-hydrogen) atoms. The number of fused-ring (bicyclic) bond motifs is 1. The van der Waals surface area contributed by atoms with Gasteiger partial charge in [0.05, 0.1) is 17.7 Å². The third kappa shape index (κ3) is 5.09. The highest BCUT2D eigenvalue weighted by Gasteiger charge is 2.58. The van der Waals surface area contributed by atoms with Crippen molar-refractivity contribution in [3.8, 4) is 6.07 Å². The van der Waals surface area contributed by atoms with Gasteiger partial charge in [-0.25, -0.2) is 13.6 Å². The topological polar surface area (TPSA) is 79.6 Å². The number of hydrogen-bond acceptors (Lipinski definition) is 4. The number of anilines is 1. The van der Waals surface area contributed by atoms with E-state index < -0.39 is 11.6 Å². The van der Waals surface area contributed by atoms with Crippen LogP contribution in [0.1, 0.15) is 49.7 Å². The van der Waals surface area contributed by atoms with Crippen LogP contribution in [0.15, 0.2) is 42.5 Å². The van der Waals surface area contributed by atoms with Crippen molar-refractivity contribution in [2.75, 3.05) is 31.5 Å². The fraction of sp³-hybridized carbons (Fsp3) is 0.500. The number of nitrogens with one attached hydrogen (secondary N) is 1. The molecule has 2 aromatic carbocycles. The minimum absolute atomic E-state index is 0.0549. The maximum atomic E-state index is 13.7. The summed E-state index contributed by atoms with van der Waals surface area (Å²) in [6.45, 7) is 2.87. The number of likely N-dealkylation sites (tertiary alicyclic amines) is 1. The van der Waals surface area contributed by atoms with Crippen LogP contribution in [0.3, 0.4) is 0 Å². The van der Waals surface area contributed by atoms with E-state index in [9.17, 15) is 23.9 Å². The predicted molar refractivity (Wildman–Crippen MR) is 132 cm³/mol. The second-order valence-electron chi connectivity index (χ2n) is 10.5. The second kappa shape index (κ2) is 10.2. The Kier molecular flexibility index (Phi) is 6.96. The molecule has 1 heterocycles. The number of aliphatic hydroxyl groups is 1. The molecule has 2 aromatic rings. The molecular weight excluding hydrogens is 462 g/mol. The Balaban J connectivity index is 1.27. The van der Waals surface area contributed by atoms with E-state index in [1.165, 1.54) is 11.6 Å². The number of benzene rings is 2. The zero-order valence-corrected chi connectivity index (χ0v) is 20.3. The summed E-state index contributed by atoms with van der Waals surface area (Å²) in [7, 11) is 0. The van der Waals surface area contributed by atoms with Crippen molar-refractivity contribution in [3.05, 3.63) is 65.2 Å². The molecule has 6 nitrogen and oxygen atoms in total. The van der Waals surface area contributed by atoms with Crippen LogP contribution in [0.5, 0.6) is 0 Å². The molecule has 0 bridgehead atoms. The number of halogens is 2. The summed E-state index contributed by atoms with van der Waals surface area (Å²) >= 11 is 0. The molecule has 8 heteroatoms. The first-order valence-corrected chi connectivity index (χ1v) is 12.8. The van der Waals surface area contributed by atoms with E-state index in [-0.39, 0.29) is 29.3 Å². The van der Waals surface area contributed by atoms with Crippen molar-refractivity contribution >= 4 is 11.7 Å². The molecule has 0 aromatic heterocycles. The molecule has 2 amide bonds. The lowest BCUT2D eigenvalue weighted by Crippen LogP contribution is -2.46. The lowest BCUT2D eigenvalue weighted by molar-refractivity contribution is 0.151. The molecule has 3 aliphatic rings. The summed E-state index contributed by atoms with van der Waals surface area (Å²) < 4.78 is 27.1. The smallest absolute Gasteiger partial charge is 0.322 e. The molecule has 4 atom stereocenters. The Morgan fingerprint density at radius 3 is 2.81 bits per heavy atom. The minimum atomic E-state index is -0.994. The van der Waals surface area contributed by atoms with E-state index >= 15 is 0 Å². The molecule has 1 aliphatic heterocycles. The van der Waals surface area contributed by atoms with Gasteiger partial charge in [0.2, 0.25) is 0 Å². The maximum absolute atomic E-state index is 13.7. The summed E-state index contributed by atoms with van der Waals surface area (Å²) in [6, 6.07) is 13.3. The van der Waals surface area contributed by atoms with Crippen molar-refractivity contribution in [2.45, 2.75) is 56.1 Å². The van der Waals surface area contributed by atoms with Crippen molar-refractivity contribution in [3.63, 3.8) is 0 Å². The highest BCUT2D eigenvalue weighted by molar-refractivity contribution is 5.89. The first-order valence-electron chi connectivity index (χ1n) is 12.8. The van der Waals surface area contributed by atoms with E-state index in [0.29, 0.717) is 24.6 Å². The molecule has 2 N–H and O–H groups in total. The summed E-state index contributed by atoms with van der Waals surface area (Å²) in [6.07, 6.45) is 5.01. The SMILES string of the molecule is N#Cc1cccc([C@@]23CC[C@@H](N(CCCN4CC[C@H](O)C4)C(=O)Nc4ccc(F)c(F)c4)CC2C3)c1. The third-order valence-corrected chi connectivity index (χ3v) is 8.27. The van der Waals surface area contributed by atoms with E-state index in [1.54, 1.807) is 0 Å². The largest absolute Gasteiger partial charge is 0.392 e. The molecule has 3 fully saturated rings. The highest BCUT2D eigenvalue weighted by atomic mass is 19.2. The number of β-amino-alcohol motifs (C(OH)–C–C–N with tert-alkyl or cyclic N) is 1. The number of rotatable bonds is 7. The fourth-order valence-corrected chi connectivity index (χ4v) is 6.24. The van der Waals surface area contributed by atoms with Crippen LogP contribution in [0.4, 0.5) is 19.3 Å². The number of aliphatic hydroxyl groups excluding tert-OH is 1. The lowest BCUT2D eigenvalue weighted by Gasteiger charge is -2.37. The van der Waals surface area contributed by atoms with Gasteiger partial charge in [-0.3, -0.25) is 0 Å². The van der Waals surface area contributed by atoms with E-state index in [2.05, 4.69) is 22.4 Å². The van der Waals surface area contributed by atoms with Gasteiger partial charge < -0.3 is 20.2 Å². The third-order valence-electron chi connectivity index (χ3n) is 8.27. The first-order chi connectivity index (χ1) is 17.4. The fourth-order valence-electron chi connectivity index (χ4n) is 6.24. The van der Waals surface area contributed by atoms with Gasteiger partial charge in [0.15, 0.2) is 11.6 Å². The molecule has 5 rings (SSSR count). The van der Waals surface area contributed by atoms with Crippen LogP contribution in [-0.2, 0) is 5.41 Å². The van der Waals surface area contributed by atoms with Gasteiger partial charge in [-0.05, 0) is 86.2 Å². The number of nitriles is 1. The zero-order chi connectivity index (χ0) is 25.3. The zero-order valence-electron chi connectivity index (χ0n) is 20.3. The average molecular weight is 495 g/mol. The van der Waals surface area contributed by atoms with E-state index in [1.807, 2.05) is 23.1 Å². The average Bonchev–Trinajstić information content (AvgIpc) is 3.48. The Bertz CT molecular complexity index is 1170. The standard InChI is InChI=1S/C28H32F2N4O2/c29-25-6-5-22(15-26(25)30)32-27(36)34(11-2-10-33-12-8-24(35)18-33)23-7-9-28(16-21(28)14-23)20-4-1-3-19(13-20)17-31/h1,3-6,13,15,21,23-24,35H,2,7-12,14,16,18H2,(H,32,36)/t21?,23-,24+,28+/m1/s1. The number of carbonyl (C=O) groups excluding carboxylic acids is 1. The Morgan fingerprint density at radius 1 is 1.22 bits per heavy atom. The van der Waals surface area contributed by atoms with Crippen molar-refractivity contribution in [2.24, 2.45) is 5.92 Å². The Labute approximate surface area is 210 Å². The van der Waals surface area contributed by atoms with Gasteiger partial charge in [0.1, 0.15) is 0 Å². The lowest BCUT2D eigenvalue weighted by atomic mass is 9.80. The molecule has 1 saturated heterocycles. The van der Waals surface area contributed by atoms with E-state index in [0.717, 1.165) is 63.7 Å². The van der Waals surface area contributed by atoms with E-state index in [4.69, 9.17) is 0 Å².